The molecule has 6 heteroatoms. The van der Waals surface area contributed by atoms with Crippen molar-refractivity contribution in [3.63, 3.8) is 0 Å². The Balaban J connectivity index is 2.27. The molecular formula is C14H18ClN3O2. The van der Waals surface area contributed by atoms with Crippen LogP contribution in [-0.4, -0.2) is 16.7 Å². The van der Waals surface area contributed by atoms with Gasteiger partial charge in [-0.2, -0.15) is 4.98 Å². The molecule has 0 spiro atoms. The van der Waals surface area contributed by atoms with Crippen molar-refractivity contribution in [3.8, 4) is 11.5 Å². The summed E-state index contributed by atoms with van der Waals surface area (Å²) in [7, 11) is 0. The first-order valence-corrected chi connectivity index (χ1v) is 7.04. The molecule has 1 atom stereocenters. The van der Waals surface area contributed by atoms with Gasteiger partial charge in [0.1, 0.15) is 6.10 Å². The third-order valence-corrected chi connectivity index (χ3v) is 3.18. The summed E-state index contributed by atoms with van der Waals surface area (Å²) in [5, 5.41) is 4.48. The van der Waals surface area contributed by atoms with E-state index in [0.717, 1.165) is 12.8 Å². The fourth-order valence-corrected chi connectivity index (χ4v) is 2.20. The molecule has 0 saturated heterocycles. The second-order valence-electron chi connectivity index (χ2n) is 4.43. The van der Waals surface area contributed by atoms with E-state index in [-0.39, 0.29) is 6.10 Å². The van der Waals surface area contributed by atoms with E-state index in [1.54, 1.807) is 18.2 Å². The second kappa shape index (κ2) is 6.72. The summed E-state index contributed by atoms with van der Waals surface area (Å²) in [5.41, 5.74) is 6.93. The molecule has 1 aromatic carbocycles. The molecule has 1 heterocycles. The van der Waals surface area contributed by atoms with Gasteiger partial charge < -0.3 is 15.0 Å². The molecule has 0 bridgehead atoms. The largest absolute Gasteiger partial charge is 0.399 e. The van der Waals surface area contributed by atoms with Crippen molar-refractivity contribution in [3.05, 3.63) is 29.0 Å². The third-order valence-electron chi connectivity index (χ3n) is 2.87. The van der Waals surface area contributed by atoms with Crippen molar-refractivity contribution in [1.29, 1.82) is 0 Å². The molecule has 0 radical (unpaired) electrons. The van der Waals surface area contributed by atoms with Crippen LogP contribution in [0, 0.1) is 0 Å². The van der Waals surface area contributed by atoms with Gasteiger partial charge in [-0.3, -0.25) is 0 Å². The highest BCUT2D eigenvalue weighted by Gasteiger charge is 2.19. The fourth-order valence-electron chi connectivity index (χ4n) is 1.93. The van der Waals surface area contributed by atoms with E-state index >= 15 is 0 Å². The van der Waals surface area contributed by atoms with Crippen molar-refractivity contribution >= 4 is 17.3 Å². The predicted molar refractivity (Wildman–Crippen MR) is 78.4 cm³/mol. The van der Waals surface area contributed by atoms with Gasteiger partial charge in [0, 0.05) is 12.3 Å². The number of halogens is 1. The number of hydrogen-bond donors (Lipinski definition) is 1. The van der Waals surface area contributed by atoms with Crippen LogP contribution in [0.5, 0.6) is 0 Å². The Hall–Kier alpha value is -1.59. The molecule has 5 nitrogen and oxygen atoms in total. The van der Waals surface area contributed by atoms with Crippen molar-refractivity contribution in [2.75, 3.05) is 12.3 Å². The number of aromatic nitrogens is 2. The van der Waals surface area contributed by atoms with E-state index in [1.807, 2.05) is 6.92 Å². The standard InChI is InChI=1S/C14H18ClN3O2/c1-3-5-12(19-4-2)13-17-14(20-18-13)10-7-6-9(16)8-11(10)15/h6-8,12H,3-5,16H2,1-2H3. The number of anilines is 1. The first-order chi connectivity index (χ1) is 9.65. The molecule has 1 unspecified atom stereocenters. The number of benzene rings is 1. The highest BCUT2D eigenvalue weighted by atomic mass is 35.5. The first-order valence-electron chi connectivity index (χ1n) is 6.66. The SMILES string of the molecule is CCCC(OCC)c1noc(-c2ccc(N)cc2Cl)n1. The minimum absolute atomic E-state index is 0.143. The second-order valence-corrected chi connectivity index (χ2v) is 4.84. The van der Waals surface area contributed by atoms with E-state index in [1.165, 1.54) is 0 Å². The molecule has 108 valence electrons. The molecule has 20 heavy (non-hydrogen) atoms. The zero-order valence-corrected chi connectivity index (χ0v) is 12.4. The highest BCUT2D eigenvalue weighted by molar-refractivity contribution is 6.33. The van der Waals surface area contributed by atoms with Crippen LogP contribution >= 0.6 is 11.6 Å². The summed E-state index contributed by atoms with van der Waals surface area (Å²) >= 11 is 6.14. The minimum atomic E-state index is -0.143. The number of nitrogen functional groups attached to an aromatic ring is 1. The maximum Gasteiger partial charge on any atom is 0.259 e. The Morgan fingerprint density at radius 2 is 2.20 bits per heavy atom. The van der Waals surface area contributed by atoms with Crippen molar-refractivity contribution in [2.24, 2.45) is 0 Å². The summed E-state index contributed by atoms with van der Waals surface area (Å²) in [6.45, 7) is 4.64. The molecule has 0 saturated carbocycles. The van der Waals surface area contributed by atoms with Gasteiger partial charge in [-0.05, 0) is 31.5 Å². The quantitative estimate of drug-likeness (QED) is 0.819. The Morgan fingerprint density at radius 1 is 1.40 bits per heavy atom. The lowest BCUT2D eigenvalue weighted by Gasteiger charge is -2.11. The number of nitrogens with zero attached hydrogens (tertiary/aromatic N) is 2. The first kappa shape index (κ1) is 14.8. The van der Waals surface area contributed by atoms with E-state index in [4.69, 9.17) is 26.6 Å². The zero-order valence-electron chi connectivity index (χ0n) is 11.6. The van der Waals surface area contributed by atoms with Crippen molar-refractivity contribution in [2.45, 2.75) is 32.8 Å². The monoisotopic (exact) mass is 295 g/mol. The molecule has 2 aromatic rings. The lowest BCUT2D eigenvalue weighted by atomic mass is 10.2. The Labute approximate surface area is 123 Å². The summed E-state index contributed by atoms with van der Waals surface area (Å²) in [6, 6.07) is 5.18. The molecule has 2 rings (SSSR count). The van der Waals surface area contributed by atoms with Crippen LogP contribution < -0.4 is 5.73 Å². The summed E-state index contributed by atoms with van der Waals surface area (Å²) in [4.78, 5) is 4.38. The normalized spacial score (nSPS) is 12.6. The smallest absolute Gasteiger partial charge is 0.259 e. The van der Waals surface area contributed by atoms with E-state index in [0.29, 0.717) is 34.6 Å². The molecule has 0 aliphatic heterocycles. The van der Waals surface area contributed by atoms with Gasteiger partial charge in [-0.15, -0.1) is 0 Å². The van der Waals surface area contributed by atoms with Gasteiger partial charge in [0.2, 0.25) is 5.82 Å². The van der Waals surface area contributed by atoms with Crippen LogP contribution in [0.15, 0.2) is 22.7 Å². The Bertz CT molecular complexity index is 565. The number of rotatable bonds is 6. The van der Waals surface area contributed by atoms with Gasteiger partial charge in [0.25, 0.3) is 5.89 Å². The van der Waals surface area contributed by atoms with Gasteiger partial charge in [0.15, 0.2) is 0 Å². The summed E-state index contributed by atoms with van der Waals surface area (Å²) in [5.74, 6) is 0.933. The Kier molecular flexibility index (Phi) is 4.98. The van der Waals surface area contributed by atoms with Crippen LogP contribution in [0.25, 0.3) is 11.5 Å². The molecule has 2 N–H and O–H groups in total. The molecule has 0 aliphatic rings. The lowest BCUT2D eigenvalue weighted by molar-refractivity contribution is 0.0478. The zero-order chi connectivity index (χ0) is 14.5. The minimum Gasteiger partial charge on any atom is -0.399 e. The van der Waals surface area contributed by atoms with Crippen LogP contribution in [-0.2, 0) is 4.74 Å². The fraction of sp³-hybridized carbons (Fsp3) is 0.429. The van der Waals surface area contributed by atoms with Gasteiger partial charge in [-0.1, -0.05) is 30.1 Å². The number of nitrogens with two attached hydrogens (primary N) is 1. The van der Waals surface area contributed by atoms with Gasteiger partial charge in [0.05, 0.1) is 10.6 Å². The number of ether oxygens (including phenoxy) is 1. The molecule has 0 amide bonds. The molecule has 1 aromatic heterocycles. The molecular weight excluding hydrogens is 278 g/mol. The third kappa shape index (κ3) is 3.29. The van der Waals surface area contributed by atoms with E-state index < -0.39 is 0 Å². The average molecular weight is 296 g/mol. The number of hydrogen-bond acceptors (Lipinski definition) is 5. The van der Waals surface area contributed by atoms with Gasteiger partial charge >= 0.3 is 0 Å². The van der Waals surface area contributed by atoms with Crippen LogP contribution in [0.3, 0.4) is 0 Å². The molecule has 0 fully saturated rings. The maximum atomic E-state index is 6.14. The van der Waals surface area contributed by atoms with Crippen LogP contribution in [0.4, 0.5) is 5.69 Å². The average Bonchev–Trinajstić information content (AvgIpc) is 2.88. The van der Waals surface area contributed by atoms with Crippen LogP contribution in [0.1, 0.15) is 38.6 Å². The van der Waals surface area contributed by atoms with E-state index in [2.05, 4.69) is 17.1 Å². The summed E-state index contributed by atoms with van der Waals surface area (Å²) in [6.07, 6.45) is 1.69. The van der Waals surface area contributed by atoms with E-state index in [9.17, 15) is 0 Å². The molecule has 0 aliphatic carbocycles. The topological polar surface area (TPSA) is 74.2 Å². The van der Waals surface area contributed by atoms with Gasteiger partial charge in [-0.25, -0.2) is 0 Å². The van der Waals surface area contributed by atoms with Crippen molar-refractivity contribution in [1.82, 2.24) is 10.1 Å². The summed E-state index contributed by atoms with van der Waals surface area (Å²) < 4.78 is 10.9. The Morgan fingerprint density at radius 3 is 2.85 bits per heavy atom. The lowest BCUT2D eigenvalue weighted by Crippen LogP contribution is -2.05. The van der Waals surface area contributed by atoms with Crippen LogP contribution in [0.2, 0.25) is 5.02 Å². The van der Waals surface area contributed by atoms with Crippen molar-refractivity contribution < 1.29 is 9.26 Å². The predicted octanol–water partition coefficient (Wildman–Crippen LogP) is 3.85. The maximum absolute atomic E-state index is 6.14. The highest BCUT2D eigenvalue weighted by Crippen LogP contribution is 2.30.